The van der Waals surface area contributed by atoms with E-state index in [4.69, 9.17) is 33.9 Å². The molecule has 0 aromatic heterocycles. The zero-order chi connectivity index (χ0) is 9.94. The first-order chi connectivity index (χ1) is 5.25. The van der Waals surface area contributed by atoms with Gasteiger partial charge in [-0.3, -0.25) is 9.59 Å². The zero-order valence-corrected chi connectivity index (χ0v) is 8.54. The molecule has 0 spiro atoms. The summed E-state index contributed by atoms with van der Waals surface area (Å²) in [4.78, 5) is 20.7. The summed E-state index contributed by atoms with van der Waals surface area (Å²) in [6, 6.07) is 0. The summed E-state index contributed by atoms with van der Waals surface area (Å²) < 4.78 is 21.1. The summed E-state index contributed by atoms with van der Waals surface area (Å²) in [6.45, 7) is 0. The predicted molar refractivity (Wildman–Crippen MR) is 44.9 cm³/mol. The SMILES string of the molecule is O=C(Cl)CC(C(=O)Cl)S(=O)(=O)Cl. The van der Waals surface area contributed by atoms with E-state index in [9.17, 15) is 18.0 Å². The van der Waals surface area contributed by atoms with Crippen molar-refractivity contribution in [2.45, 2.75) is 11.7 Å². The van der Waals surface area contributed by atoms with Crippen LogP contribution in [0.2, 0.25) is 0 Å². The maximum absolute atomic E-state index is 10.6. The van der Waals surface area contributed by atoms with Crippen LogP contribution in [0.4, 0.5) is 0 Å². The molecule has 0 aliphatic rings. The minimum atomic E-state index is -4.17. The highest BCUT2D eigenvalue weighted by atomic mass is 35.7. The van der Waals surface area contributed by atoms with Gasteiger partial charge >= 0.3 is 0 Å². The van der Waals surface area contributed by atoms with Gasteiger partial charge in [-0.25, -0.2) is 8.42 Å². The van der Waals surface area contributed by atoms with Gasteiger partial charge in [0.2, 0.25) is 19.5 Å². The molecule has 0 aromatic rings. The Morgan fingerprint density at radius 2 is 1.67 bits per heavy atom. The molecule has 12 heavy (non-hydrogen) atoms. The Hall–Kier alpha value is 0.160. The van der Waals surface area contributed by atoms with Crippen molar-refractivity contribution in [2.75, 3.05) is 0 Å². The molecule has 8 heteroatoms. The van der Waals surface area contributed by atoms with Crippen LogP contribution >= 0.6 is 33.9 Å². The molecule has 0 saturated carbocycles. The van der Waals surface area contributed by atoms with E-state index in [0.29, 0.717) is 0 Å². The normalized spacial score (nSPS) is 13.9. The lowest BCUT2D eigenvalue weighted by Crippen LogP contribution is -2.25. The summed E-state index contributed by atoms with van der Waals surface area (Å²) in [5.74, 6) is 0. The number of rotatable bonds is 4. The summed E-state index contributed by atoms with van der Waals surface area (Å²) >= 11 is 9.71. The third-order valence-electron chi connectivity index (χ3n) is 0.939. The Bertz CT molecular complexity index is 295. The fourth-order valence-electron chi connectivity index (χ4n) is 0.436. The number of carbonyl (C=O) groups excluding carboxylic acids is 2. The van der Waals surface area contributed by atoms with Crippen molar-refractivity contribution in [3.05, 3.63) is 0 Å². The molecule has 0 aliphatic carbocycles. The van der Waals surface area contributed by atoms with Gasteiger partial charge in [-0.05, 0) is 23.2 Å². The van der Waals surface area contributed by atoms with Crippen LogP contribution in [0.25, 0.3) is 0 Å². The molecule has 4 nitrogen and oxygen atoms in total. The molecule has 0 radical (unpaired) electrons. The van der Waals surface area contributed by atoms with Gasteiger partial charge in [0, 0.05) is 17.1 Å². The van der Waals surface area contributed by atoms with Gasteiger partial charge in [0.25, 0.3) is 0 Å². The summed E-state index contributed by atoms with van der Waals surface area (Å²) in [5, 5.41) is -3.97. The molecule has 0 rings (SSSR count). The van der Waals surface area contributed by atoms with Crippen LogP contribution in [0, 0.1) is 0 Å². The Balaban J connectivity index is 4.70. The Morgan fingerprint density at radius 1 is 1.25 bits per heavy atom. The van der Waals surface area contributed by atoms with Crippen LogP contribution in [0.1, 0.15) is 6.42 Å². The van der Waals surface area contributed by atoms with E-state index in [1.54, 1.807) is 0 Å². The quantitative estimate of drug-likeness (QED) is 0.696. The molecule has 0 amide bonds. The Morgan fingerprint density at radius 3 is 1.75 bits per heavy atom. The van der Waals surface area contributed by atoms with Gasteiger partial charge in [-0.2, -0.15) is 0 Å². The molecule has 1 atom stereocenters. The number of hydrogen-bond donors (Lipinski definition) is 0. The minimum absolute atomic E-state index is 0.713. The van der Waals surface area contributed by atoms with E-state index in [2.05, 4.69) is 0 Å². The standard InChI is InChI=1S/C4H3Cl3O4S/c5-3(8)1-2(4(6)9)12(7,10)11/h2H,1H2. The molecule has 0 aliphatic heterocycles. The Kier molecular flexibility index (Phi) is 4.47. The van der Waals surface area contributed by atoms with Crippen molar-refractivity contribution in [2.24, 2.45) is 0 Å². The maximum Gasteiger partial charge on any atom is 0.244 e. The number of carbonyl (C=O) groups is 2. The van der Waals surface area contributed by atoms with Crippen molar-refractivity contribution in [1.82, 2.24) is 0 Å². The van der Waals surface area contributed by atoms with Crippen molar-refractivity contribution >= 4 is 53.4 Å². The van der Waals surface area contributed by atoms with Gasteiger partial charge in [0.1, 0.15) is 0 Å². The molecule has 70 valence electrons. The van der Waals surface area contributed by atoms with Crippen molar-refractivity contribution in [1.29, 1.82) is 0 Å². The van der Waals surface area contributed by atoms with Crippen LogP contribution in [0.3, 0.4) is 0 Å². The molecular formula is C4H3Cl3O4S. The molecule has 0 heterocycles. The van der Waals surface area contributed by atoms with Crippen LogP contribution < -0.4 is 0 Å². The van der Waals surface area contributed by atoms with E-state index >= 15 is 0 Å². The van der Waals surface area contributed by atoms with Crippen molar-refractivity contribution in [3.63, 3.8) is 0 Å². The van der Waals surface area contributed by atoms with E-state index in [0.717, 1.165) is 0 Å². The molecule has 0 bridgehead atoms. The lowest BCUT2D eigenvalue weighted by molar-refractivity contribution is -0.116. The van der Waals surface area contributed by atoms with Crippen molar-refractivity contribution in [3.8, 4) is 0 Å². The maximum atomic E-state index is 10.6. The smallest absolute Gasteiger partial charge is 0.244 e. The van der Waals surface area contributed by atoms with Gasteiger partial charge < -0.3 is 0 Å². The van der Waals surface area contributed by atoms with Crippen LogP contribution in [0.5, 0.6) is 0 Å². The first-order valence-corrected chi connectivity index (χ1v) is 5.69. The lowest BCUT2D eigenvalue weighted by atomic mass is 10.3. The molecule has 0 fully saturated rings. The third-order valence-corrected chi connectivity index (χ3v) is 3.19. The molecule has 0 saturated heterocycles. The molecule has 1 unspecified atom stereocenters. The van der Waals surface area contributed by atoms with Crippen LogP contribution in [-0.2, 0) is 18.6 Å². The average Bonchev–Trinajstić information content (AvgIpc) is 1.79. The van der Waals surface area contributed by atoms with E-state index in [1.807, 2.05) is 0 Å². The fourth-order valence-corrected chi connectivity index (χ4v) is 2.25. The topological polar surface area (TPSA) is 68.3 Å². The highest BCUT2D eigenvalue weighted by molar-refractivity contribution is 8.14. The fraction of sp³-hybridized carbons (Fsp3) is 0.500. The Labute approximate surface area is 83.2 Å². The monoisotopic (exact) mass is 252 g/mol. The zero-order valence-electron chi connectivity index (χ0n) is 5.46. The van der Waals surface area contributed by atoms with Gasteiger partial charge in [0.05, 0.1) is 0 Å². The number of hydrogen-bond acceptors (Lipinski definition) is 4. The van der Waals surface area contributed by atoms with E-state index in [-0.39, 0.29) is 0 Å². The first kappa shape index (κ1) is 12.2. The van der Waals surface area contributed by atoms with Gasteiger partial charge in [-0.1, -0.05) is 0 Å². The van der Waals surface area contributed by atoms with Gasteiger partial charge in [-0.15, -0.1) is 0 Å². The molecule has 0 N–H and O–H groups in total. The summed E-state index contributed by atoms with van der Waals surface area (Å²) in [7, 11) is 0.621. The number of halogens is 3. The lowest BCUT2D eigenvalue weighted by Gasteiger charge is -2.03. The average molecular weight is 253 g/mol. The first-order valence-electron chi connectivity index (χ1n) is 2.56. The second kappa shape index (κ2) is 4.41. The van der Waals surface area contributed by atoms with E-state index in [1.165, 1.54) is 0 Å². The highest BCUT2D eigenvalue weighted by Gasteiger charge is 2.31. The van der Waals surface area contributed by atoms with Crippen molar-refractivity contribution < 1.29 is 18.0 Å². The van der Waals surface area contributed by atoms with Gasteiger partial charge in [0.15, 0.2) is 5.25 Å². The third kappa shape index (κ3) is 4.25. The summed E-state index contributed by atoms with van der Waals surface area (Å²) in [6.07, 6.45) is -0.713. The van der Waals surface area contributed by atoms with Crippen LogP contribution in [-0.4, -0.2) is 24.2 Å². The predicted octanol–water partition coefficient (Wildman–Crippen LogP) is 0.845. The summed E-state index contributed by atoms with van der Waals surface area (Å²) in [5.41, 5.74) is 0. The highest BCUT2D eigenvalue weighted by Crippen LogP contribution is 2.15. The molecular weight excluding hydrogens is 250 g/mol. The van der Waals surface area contributed by atoms with Crippen LogP contribution in [0.15, 0.2) is 0 Å². The minimum Gasteiger partial charge on any atom is -0.281 e. The second-order valence-corrected chi connectivity index (χ2v) is 5.43. The second-order valence-electron chi connectivity index (χ2n) is 1.83. The molecule has 0 aromatic carbocycles. The largest absolute Gasteiger partial charge is 0.281 e. The van der Waals surface area contributed by atoms with E-state index < -0.39 is 31.2 Å².